The fourth-order valence-electron chi connectivity index (χ4n) is 3.21. The minimum atomic E-state index is 0. The highest BCUT2D eigenvalue weighted by Crippen LogP contribution is 2.42. The molecule has 0 saturated heterocycles. The Morgan fingerprint density at radius 1 is 1.19 bits per heavy atom. The number of hydrogen-bond acceptors (Lipinski definition) is 3. The summed E-state index contributed by atoms with van der Waals surface area (Å²) in [6, 6.07) is 8.26. The van der Waals surface area contributed by atoms with E-state index in [1.54, 1.807) is 11.0 Å². The Hall–Kier alpha value is -1.64. The van der Waals surface area contributed by atoms with Crippen LogP contribution in [0.4, 0.5) is 0 Å². The summed E-state index contributed by atoms with van der Waals surface area (Å²) in [5, 5.41) is 11.0. The molecule has 1 fully saturated rings. The maximum Gasteiger partial charge on any atom is 0.191 e. The van der Waals surface area contributed by atoms with E-state index >= 15 is 0 Å². The molecule has 2 aromatic rings. The van der Waals surface area contributed by atoms with Crippen LogP contribution in [0.25, 0.3) is 5.69 Å². The molecular weight excluding hydrogens is 439 g/mol. The number of nitrogens with one attached hydrogen (secondary N) is 2. The standard InChI is InChI=1S/C19H28N6.HI/c1-3-19(10-5-11-19)13-23-18(21-4-2)22-12-16-6-8-17(9-7-16)25-15-20-14-24-25;/h6-9,14-15H,3-5,10-13H2,1-2H3,(H2,21,22,23);1H. The Bertz CT molecular complexity index is 671. The van der Waals surface area contributed by atoms with Gasteiger partial charge in [0.1, 0.15) is 12.7 Å². The zero-order chi connectivity index (χ0) is 17.5. The van der Waals surface area contributed by atoms with Crippen LogP contribution in [0.1, 0.15) is 45.1 Å². The monoisotopic (exact) mass is 468 g/mol. The van der Waals surface area contributed by atoms with E-state index in [1.165, 1.54) is 37.6 Å². The van der Waals surface area contributed by atoms with Crippen molar-refractivity contribution in [3.05, 3.63) is 42.5 Å². The summed E-state index contributed by atoms with van der Waals surface area (Å²) in [6.45, 7) is 6.94. The molecule has 0 spiro atoms. The second-order valence-electron chi connectivity index (χ2n) is 6.76. The molecule has 1 saturated carbocycles. The summed E-state index contributed by atoms with van der Waals surface area (Å²) in [4.78, 5) is 8.70. The summed E-state index contributed by atoms with van der Waals surface area (Å²) in [5.74, 6) is 0.905. The van der Waals surface area contributed by atoms with Gasteiger partial charge in [-0.3, -0.25) is 0 Å². The predicted molar refractivity (Wildman–Crippen MR) is 116 cm³/mol. The second-order valence-corrected chi connectivity index (χ2v) is 6.76. The molecule has 1 aromatic heterocycles. The lowest BCUT2D eigenvalue weighted by atomic mass is 9.67. The van der Waals surface area contributed by atoms with Gasteiger partial charge >= 0.3 is 0 Å². The van der Waals surface area contributed by atoms with Crippen LogP contribution in [-0.2, 0) is 6.54 Å². The normalized spacial score (nSPS) is 15.7. The summed E-state index contributed by atoms with van der Waals surface area (Å²) in [5.41, 5.74) is 2.66. The van der Waals surface area contributed by atoms with Crippen molar-refractivity contribution in [2.45, 2.75) is 46.1 Å². The highest BCUT2D eigenvalue weighted by Gasteiger charge is 2.34. The Morgan fingerprint density at radius 2 is 1.96 bits per heavy atom. The first-order valence-electron chi connectivity index (χ1n) is 9.21. The van der Waals surface area contributed by atoms with Gasteiger partial charge < -0.3 is 10.6 Å². The molecule has 0 bridgehead atoms. The van der Waals surface area contributed by atoms with E-state index < -0.39 is 0 Å². The zero-order valence-electron chi connectivity index (χ0n) is 15.6. The summed E-state index contributed by atoms with van der Waals surface area (Å²) < 4.78 is 1.75. The van der Waals surface area contributed by atoms with E-state index in [2.05, 4.69) is 46.7 Å². The molecule has 1 aliphatic carbocycles. The number of halogens is 1. The third kappa shape index (κ3) is 5.18. The number of rotatable bonds is 7. The quantitative estimate of drug-likeness (QED) is 0.371. The van der Waals surface area contributed by atoms with Gasteiger partial charge in [0, 0.05) is 13.1 Å². The Morgan fingerprint density at radius 3 is 2.50 bits per heavy atom. The molecule has 0 atom stereocenters. The van der Waals surface area contributed by atoms with Gasteiger partial charge in [-0.1, -0.05) is 25.5 Å². The number of hydrogen-bond donors (Lipinski definition) is 2. The largest absolute Gasteiger partial charge is 0.357 e. The lowest BCUT2D eigenvalue weighted by Gasteiger charge is -2.41. The van der Waals surface area contributed by atoms with E-state index in [-0.39, 0.29) is 24.0 Å². The molecular formula is C19H29IN6. The van der Waals surface area contributed by atoms with Crippen molar-refractivity contribution in [3.63, 3.8) is 0 Å². The van der Waals surface area contributed by atoms with Crippen LogP contribution >= 0.6 is 24.0 Å². The van der Waals surface area contributed by atoms with E-state index in [0.29, 0.717) is 12.0 Å². The molecule has 1 aliphatic rings. The van der Waals surface area contributed by atoms with Crippen molar-refractivity contribution in [1.29, 1.82) is 0 Å². The highest BCUT2D eigenvalue weighted by atomic mass is 127. The van der Waals surface area contributed by atoms with Crippen LogP contribution < -0.4 is 10.6 Å². The van der Waals surface area contributed by atoms with E-state index in [1.807, 2.05) is 12.1 Å². The Labute approximate surface area is 172 Å². The number of aliphatic imine (C=N–C) groups is 1. The van der Waals surface area contributed by atoms with Crippen molar-refractivity contribution in [2.24, 2.45) is 10.4 Å². The van der Waals surface area contributed by atoms with Crippen LogP contribution in [0.2, 0.25) is 0 Å². The maximum absolute atomic E-state index is 4.73. The number of nitrogens with zero attached hydrogens (tertiary/aromatic N) is 4. The Balaban J connectivity index is 0.00000243. The molecule has 0 radical (unpaired) electrons. The minimum Gasteiger partial charge on any atom is -0.357 e. The van der Waals surface area contributed by atoms with E-state index in [9.17, 15) is 0 Å². The molecule has 2 N–H and O–H groups in total. The average Bonchev–Trinajstić information content (AvgIpc) is 3.14. The lowest BCUT2D eigenvalue weighted by Crippen LogP contribution is -2.46. The average molecular weight is 468 g/mol. The fraction of sp³-hybridized carbons (Fsp3) is 0.526. The third-order valence-electron chi connectivity index (χ3n) is 5.18. The van der Waals surface area contributed by atoms with Gasteiger partial charge in [-0.15, -0.1) is 24.0 Å². The lowest BCUT2D eigenvalue weighted by molar-refractivity contribution is 0.131. The first-order valence-corrected chi connectivity index (χ1v) is 9.21. The first-order chi connectivity index (χ1) is 12.2. The SMILES string of the molecule is CCNC(=NCc1ccc(-n2cncn2)cc1)NCC1(CC)CCC1.I. The molecule has 1 aromatic carbocycles. The second kappa shape index (κ2) is 9.89. The van der Waals surface area contributed by atoms with Gasteiger partial charge in [0.15, 0.2) is 5.96 Å². The van der Waals surface area contributed by atoms with E-state index in [4.69, 9.17) is 4.99 Å². The van der Waals surface area contributed by atoms with Crippen molar-refractivity contribution in [1.82, 2.24) is 25.4 Å². The molecule has 6 nitrogen and oxygen atoms in total. The van der Waals surface area contributed by atoms with Crippen LogP contribution in [0.5, 0.6) is 0 Å². The summed E-state index contributed by atoms with van der Waals surface area (Å²) in [7, 11) is 0. The fourth-order valence-corrected chi connectivity index (χ4v) is 3.21. The van der Waals surface area contributed by atoms with Gasteiger partial charge in [-0.25, -0.2) is 14.7 Å². The maximum atomic E-state index is 4.73. The topological polar surface area (TPSA) is 67.1 Å². The van der Waals surface area contributed by atoms with Gasteiger partial charge in [0.2, 0.25) is 0 Å². The molecule has 7 heteroatoms. The molecule has 3 rings (SSSR count). The summed E-state index contributed by atoms with van der Waals surface area (Å²) >= 11 is 0. The minimum absolute atomic E-state index is 0. The van der Waals surface area contributed by atoms with Gasteiger partial charge in [-0.05, 0) is 49.3 Å². The van der Waals surface area contributed by atoms with Gasteiger partial charge in [-0.2, -0.15) is 5.10 Å². The number of benzene rings is 1. The first kappa shape index (κ1) is 20.7. The molecule has 26 heavy (non-hydrogen) atoms. The smallest absolute Gasteiger partial charge is 0.191 e. The van der Waals surface area contributed by atoms with Crippen molar-refractivity contribution >= 4 is 29.9 Å². The molecule has 0 aliphatic heterocycles. The predicted octanol–water partition coefficient (Wildman–Crippen LogP) is 3.52. The van der Waals surface area contributed by atoms with Crippen molar-refractivity contribution in [2.75, 3.05) is 13.1 Å². The number of aromatic nitrogens is 3. The molecule has 1 heterocycles. The third-order valence-corrected chi connectivity index (χ3v) is 5.18. The van der Waals surface area contributed by atoms with Gasteiger partial charge in [0.25, 0.3) is 0 Å². The van der Waals surface area contributed by atoms with Gasteiger partial charge in [0.05, 0.1) is 12.2 Å². The summed E-state index contributed by atoms with van der Waals surface area (Å²) in [6.07, 6.45) is 8.51. The van der Waals surface area contributed by atoms with Crippen LogP contribution in [0, 0.1) is 5.41 Å². The molecule has 0 amide bonds. The van der Waals surface area contributed by atoms with Crippen molar-refractivity contribution < 1.29 is 0 Å². The highest BCUT2D eigenvalue weighted by molar-refractivity contribution is 14.0. The molecule has 142 valence electrons. The number of guanidine groups is 1. The Kier molecular flexibility index (Phi) is 7.86. The molecule has 0 unspecified atom stereocenters. The zero-order valence-corrected chi connectivity index (χ0v) is 17.9. The van der Waals surface area contributed by atoms with E-state index in [0.717, 1.165) is 24.7 Å². The van der Waals surface area contributed by atoms with Crippen LogP contribution in [0.15, 0.2) is 41.9 Å². The van der Waals surface area contributed by atoms with Crippen LogP contribution in [-0.4, -0.2) is 33.8 Å². The van der Waals surface area contributed by atoms with Crippen molar-refractivity contribution in [3.8, 4) is 5.69 Å². The van der Waals surface area contributed by atoms with Crippen LogP contribution in [0.3, 0.4) is 0 Å².